The molecule has 152 valence electrons. The largest absolute Gasteiger partial charge is 0.356 e. The molecular weight excluding hydrogens is 472 g/mol. The third kappa shape index (κ3) is 8.20. The van der Waals surface area contributed by atoms with E-state index in [-0.39, 0.29) is 42.2 Å². The van der Waals surface area contributed by atoms with Gasteiger partial charge in [-0.1, -0.05) is 24.3 Å². The number of nitrogens with one attached hydrogen (secondary N) is 2. The number of halogens is 2. The summed E-state index contributed by atoms with van der Waals surface area (Å²) in [5.41, 5.74) is 1.60. The van der Waals surface area contributed by atoms with Gasteiger partial charge in [0.05, 0.1) is 6.54 Å². The Morgan fingerprint density at radius 3 is 2.57 bits per heavy atom. The van der Waals surface area contributed by atoms with E-state index in [0.29, 0.717) is 37.5 Å². The van der Waals surface area contributed by atoms with Crippen LogP contribution in [-0.4, -0.2) is 55.5 Å². The van der Waals surface area contributed by atoms with Crippen LogP contribution < -0.4 is 10.6 Å². The van der Waals surface area contributed by atoms with Crippen molar-refractivity contribution in [2.24, 2.45) is 4.99 Å². The minimum absolute atomic E-state index is 0. The van der Waals surface area contributed by atoms with Crippen molar-refractivity contribution < 1.29 is 9.18 Å². The second-order valence-corrected chi connectivity index (χ2v) is 6.08. The van der Waals surface area contributed by atoms with E-state index in [0.717, 1.165) is 5.69 Å². The summed E-state index contributed by atoms with van der Waals surface area (Å²) >= 11 is 0. The number of rotatable bonds is 8. The highest BCUT2D eigenvalue weighted by atomic mass is 127. The number of pyridine rings is 1. The van der Waals surface area contributed by atoms with Gasteiger partial charge in [-0.2, -0.15) is 0 Å². The third-order valence-electron chi connectivity index (χ3n) is 4.13. The van der Waals surface area contributed by atoms with Gasteiger partial charge in [0.25, 0.3) is 0 Å². The molecule has 0 aliphatic carbocycles. The Morgan fingerprint density at radius 1 is 1.14 bits per heavy atom. The van der Waals surface area contributed by atoms with Gasteiger partial charge in [0, 0.05) is 45.5 Å². The van der Waals surface area contributed by atoms with E-state index in [4.69, 9.17) is 0 Å². The maximum Gasteiger partial charge on any atom is 0.241 e. The van der Waals surface area contributed by atoms with Gasteiger partial charge in [0.15, 0.2) is 5.96 Å². The number of carbonyl (C=O) groups excluding carboxylic acids is 1. The highest BCUT2D eigenvalue weighted by Crippen LogP contribution is 2.06. The van der Waals surface area contributed by atoms with Crippen LogP contribution in [0.1, 0.15) is 11.3 Å². The van der Waals surface area contributed by atoms with E-state index in [1.807, 2.05) is 24.3 Å². The summed E-state index contributed by atoms with van der Waals surface area (Å²) in [5.74, 6) is 0.257. The van der Waals surface area contributed by atoms with Crippen LogP contribution in [0.5, 0.6) is 0 Å². The lowest BCUT2D eigenvalue weighted by atomic mass is 10.1. The molecule has 6 nitrogen and oxygen atoms in total. The van der Waals surface area contributed by atoms with Crippen LogP contribution in [0.4, 0.5) is 4.39 Å². The Labute approximate surface area is 182 Å². The Kier molecular flexibility index (Phi) is 11.1. The lowest BCUT2D eigenvalue weighted by Gasteiger charge is -2.18. The molecule has 2 aromatic rings. The van der Waals surface area contributed by atoms with E-state index in [2.05, 4.69) is 20.6 Å². The van der Waals surface area contributed by atoms with Gasteiger partial charge >= 0.3 is 0 Å². The zero-order valence-electron chi connectivity index (χ0n) is 16.2. The van der Waals surface area contributed by atoms with Crippen LogP contribution in [0, 0.1) is 5.82 Å². The number of aliphatic imine (C=N–C) groups is 1. The number of carbonyl (C=O) groups is 1. The van der Waals surface area contributed by atoms with Gasteiger partial charge in [-0.25, -0.2) is 4.39 Å². The van der Waals surface area contributed by atoms with Crippen LogP contribution in [0.25, 0.3) is 0 Å². The lowest BCUT2D eigenvalue weighted by molar-refractivity contribution is -0.128. The summed E-state index contributed by atoms with van der Waals surface area (Å²) in [6, 6.07) is 12.4. The minimum Gasteiger partial charge on any atom is -0.356 e. The van der Waals surface area contributed by atoms with E-state index >= 15 is 0 Å². The van der Waals surface area contributed by atoms with Crippen molar-refractivity contribution in [2.45, 2.75) is 12.8 Å². The van der Waals surface area contributed by atoms with Crippen LogP contribution in [0.2, 0.25) is 0 Å². The molecule has 1 aromatic carbocycles. The second-order valence-electron chi connectivity index (χ2n) is 6.08. The van der Waals surface area contributed by atoms with E-state index in [9.17, 15) is 9.18 Å². The maximum atomic E-state index is 13.6. The molecule has 0 fully saturated rings. The van der Waals surface area contributed by atoms with Crippen LogP contribution in [-0.2, 0) is 17.6 Å². The summed E-state index contributed by atoms with van der Waals surface area (Å²) in [4.78, 5) is 22.2. The molecule has 0 bridgehead atoms. The quantitative estimate of drug-likeness (QED) is 0.332. The molecule has 0 aliphatic rings. The highest BCUT2D eigenvalue weighted by molar-refractivity contribution is 14.0. The summed E-state index contributed by atoms with van der Waals surface area (Å²) in [6.07, 6.45) is 2.99. The topological polar surface area (TPSA) is 69.6 Å². The standard InChI is InChI=1S/C20H26FN5O.HI/c1-22-20(24-13-10-16-7-3-4-9-18(16)21)25-15-19(27)26(2)14-11-17-8-5-6-12-23-17;/h3-9,12H,10-11,13-15H2,1-2H3,(H2,22,24,25);1H. The fraction of sp³-hybridized carbons (Fsp3) is 0.350. The molecule has 0 saturated heterocycles. The Bertz CT molecular complexity index is 757. The maximum absolute atomic E-state index is 13.6. The van der Waals surface area contributed by atoms with Crippen molar-refractivity contribution in [3.63, 3.8) is 0 Å². The predicted molar refractivity (Wildman–Crippen MR) is 120 cm³/mol. The first kappa shape index (κ1) is 23.8. The summed E-state index contributed by atoms with van der Waals surface area (Å²) in [5, 5.41) is 6.08. The molecule has 1 aromatic heterocycles. The van der Waals surface area contributed by atoms with Crippen molar-refractivity contribution >= 4 is 35.8 Å². The number of hydrogen-bond donors (Lipinski definition) is 2. The van der Waals surface area contributed by atoms with Crippen molar-refractivity contribution in [1.29, 1.82) is 0 Å². The van der Waals surface area contributed by atoms with Gasteiger partial charge in [-0.15, -0.1) is 24.0 Å². The summed E-state index contributed by atoms with van der Waals surface area (Å²) in [6.45, 7) is 1.25. The summed E-state index contributed by atoms with van der Waals surface area (Å²) in [7, 11) is 3.40. The molecule has 0 atom stereocenters. The summed E-state index contributed by atoms with van der Waals surface area (Å²) < 4.78 is 13.6. The number of nitrogens with zero attached hydrogens (tertiary/aromatic N) is 3. The molecule has 8 heteroatoms. The Morgan fingerprint density at radius 2 is 1.89 bits per heavy atom. The lowest BCUT2D eigenvalue weighted by Crippen LogP contribution is -2.44. The zero-order chi connectivity index (χ0) is 19.5. The number of amides is 1. The van der Waals surface area contributed by atoms with Crippen LogP contribution in [0.3, 0.4) is 0 Å². The van der Waals surface area contributed by atoms with Crippen molar-refractivity contribution in [3.05, 3.63) is 65.7 Å². The smallest absolute Gasteiger partial charge is 0.241 e. The van der Waals surface area contributed by atoms with Gasteiger partial charge in [0.2, 0.25) is 5.91 Å². The van der Waals surface area contributed by atoms with E-state index < -0.39 is 0 Å². The first-order valence-corrected chi connectivity index (χ1v) is 8.92. The fourth-order valence-electron chi connectivity index (χ4n) is 2.48. The minimum atomic E-state index is -0.216. The molecule has 28 heavy (non-hydrogen) atoms. The zero-order valence-corrected chi connectivity index (χ0v) is 18.5. The SMILES string of the molecule is CN=C(NCCc1ccccc1F)NCC(=O)N(C)CCc1ccccn1.I. The predicted octanol–water partition coefficient (Wildman–Crippen LogP) is 2.25. The molecule has 1 amide bonds. The van der Waals surface area contributed by atoms with Crippen LogP contribution in [0.15, 0.2) is 53.7 Å². The number of benzene rings is 1. The Balaban J connectivity index is 0.00000392. The van der Waals surface area contributed by atoms with E-state index in [1.54, 1.807) is 37.3 Å². The third-order valence-corrected chi connectivity index (χ3v) is 4.13. The first-order valence-electron chi connectivity index (χ1n) is 8.92. The molecule has 0 radical (unpaired) electrons. The number of guanidine groups is 1. The molecule has 1 heterocycles. The van der Waals surface area contributed by atoms with Crippen molar-refractivity contribution in [2.75, 3.05) is 33.7 Å². The van der Waals surface area contributed by atoms with Gasteiger partial charge in [-0.3, -0.25) is 14.8 Å². The molecule has 2 N–H and O–H groups in total. The second kappa shape index (κ2) is 13.0. The molecule has 0 unspecified atom stereocenters. The first-order chi connectivity index (χ1) is 13.1. The Hall–Kier alpha value is -2.23. The molecule has 2 rings (SSSR count). The van der Waals surface area contributed by atoms with E-state index in [1.165, 1.54) is 6.07 Å². The number of aromatic nitrogens is 1. The number of likely N-dealkylation sites (N-methyl/N-ethyl adjacent to an activating group) is 1. The fourth-order valence-corrected chi connectivity index (χ4v) is 2.48. The molecule has 0 spiro atoms. The van der Waals surface area contributed by atoms with Crippen LogP contribution >= 0.6 is 24.0 Å². The normalized spacial score (nSPS) is 10.8. The molecule has 0 aliphatic heterocycles. The average Bonchev–Trinajstić information content (AvgIpc) is 2.70. The van der Waals surface area contributed by atoms with Gasteiger partial charge < -0.3 is 15.5 Å². The highest BCUT2D eigenvalue weighted by Gasteiger charge is 2.10. The van der Waals surface area contributed by atoms with Crippen molar-refractivity contribution in [1.82, 2.24) is 20.5 Å². The van der Waals surface area contributed by atoms with Gasteiger partial charge in [0.1, 0.15) is 5.82 Å². The average molecular weight is 499 g/mol. The van der Waals surface area contributed by atoms with Crippen molar-refractivity contribution in [3.8, 4) is 0 Å². The number of hydrogen-bond acceptors (Lipinski definition) is 3. The molecular formula is C20H27FIN5O. The molecule has 0 saturated carbocycles. The van der Waals surface area contributed by atoms with Gasteiger partial charge in [-0.05, 0) is 30.2 Å². The monoisotopic (exact) mass is 499 g/mol.